The van der Waals surface area contributed by atoms with Crippen molar-refractivity contribution in [3.63, 3.8) is 0 Å². The van der Waals surface area contributed by atoms with E-state index in [1.54, 1.807) is 0 Å². The summed E-state index contributed by atoms with van der Waals surface area (Å²) in [4.78, 5) is 23.1. The summed E-state index contributed by atoms with van der Waals surface area (Å²) in [6.45, 7) is 7.28. The quantitative estimate of drug-likeness (QED) is 0.822. The molecule has 1 aromatic carbocycles. The molecule has 0 aliphatic carbocycles. The topological polar surface area (TPSA) is 94.2 Å². The third-order valence-electron chi connectivity index (χ3n) is 3.85. The van der Waals surface area contributed by atoms with Crippen molar-refractivity contribution in [2.45, 2.75) is 13.5 Å². The first-order valence-corrected chi connectivity index (χ1v) is 7.99. The van der Waals surface area contributed by atoms with Crippen LogP contribution in [0.5, 0.6) is 0 Å². The highest BCUT2D eigenvalue weighted by Crippen LogP contribution is 2.17. The Morgan fingerprint density at radius 1 is 0.960 bits per heavy atom. The molecule has 1 aliphatic rings. The van der Waals surface area contributed by atoms with Crippen LogP contribution in [0.2, 0.25) is 0 Å². The number of aryl methyl sites for hydroxylation is 1. The molecule has 0 atom stereocenters. The third kappa shape index (κ3) is 5.96. The van der Waals surface area contributed by atoms with Crippen LogP contribution in [0.4, 0.5) is 5.69 Å². The number of furan rings is 1. The lowest BCUT2D eigenvalue weighted by Crippen LogP contribution is -2.45. The number of carbonyl (C=O) groups is 2. The normalized spacial score (nSPS) is 14.5. The second kappa shape index (κ2) is 8.89. The first-order valence-electron chi connectivity index (χ1n) is 7.99. The van der Waals surface area contributed by atoms with Gasteiger partial charge >= 0.3 is 11.9 Å². The van der Waals surface area contributed by atoms with Crippen LogP contribution in [0.1, 0.15) is 11.5 Å². The van der Waals surface area contributed by atoms with Crippen molar-refractivity contribution in [1.82, 2.24) is 4.90 Å². The minimum atomic E-state index is -1.82. The summed E-state index contributed by atoms with van der Waals surface area (Å²) in [6.07, 6.45) is 0. The average molecular weight is 346 g/mol. The Bertz CT molecular complexity index is 679. The minimum Gasteiger partial charge on any atom is -0.473 e. The van der Waals surface area contributed by atoms with Crippen LogP contribution >= 0.6 is 0 Å². The zero-order valence-corrected chi connectivity index (χ0v) is 14.1. The number of carboxylic acids is 2. The van der Waals surface area contributed by atoms with Crippen molar-refractivity contribution >= 4 is 17.6 Å². The molecule has 25 heavy (non-hydrogen) atoms. The van der Waals surface area contributed by atoms with E-state index in [0.29, 0.717) is 0 Å². The van der Waals surface area contributed by atoms with E-state index in [-0.39, 0.29) is 0 Å². The zero-order valence-electron chi connectivity index (χ0n) is 14.1. The lowest BCUT2D eigenvalue weighted by atomic mass is 10.2. The van der Waals surface area contributed by atoms with E-state index < -0.39 is 11.9 Å². The average Bonchev–Trinajstić information content (AvgIpc) is 3.02. The van der Waals surface area contributed by atoms with Gasteiger partial charge in [0, 0.05) is 31.9 Å². The molecule has 0 amide bonds. The molecule has 7 nitrogen and oxygen atoms in total. The molecule has 1 aliphatic heterocycles. The van der Waals surface area contributed by atoms with Crippen molar-refractivity contribution in [3.8, 4) is 0 Å². The molecular formula is C18H22N2O5. The number of rotatable bonds is 3. The Kier molecular flexibility index (Phi) is 6.59. The molecule has 2 aromatic rings. The maximum absolute atomic E-state index is 9.10. The predicted octanol–water partition coefficient (Wildman–Crippen LogP) is 2.07. The maximum Gasteiger partial charge on any atom is 0.414 e. The van der Waals surface area contributed by atoms with Gasteiger partial charge in [-0.25, -0.2) is 9.59 Å². The fraction of sp³-hybridized carbons (Fsp3) is 0.333. The van der Waals surface area contributed by atoms with Crippen LogP contribution in [-0.4, -0.2) is 53.2 Å². The number of hydrogen-bond donors (Lipinski definition) is 2. The number of benzene rings is 1. The molecule has 0 spiro atoms. The monoisotopic (exact) mass is 346 g/mol. The summed E-state index contributed by atoms with van der Waals surface area (Å²) in [7, 11) is 0. The fourth-order valence-electron chi connectivity index (χ4n) is 2.59. The van der Waals surface area contributed by atoms with Crippen LogP contribution in [-0.2, 0) is 16.1 Å². The number of para-hydroxylation sites is 1. The molecule has 7 heteroatoms. The summed E-state index contributed by atoms with van der Waals surface area (Å²) >= 11 is 0. The van der Waals surface area contributed by atoms with E-state index in [1.807, 2.05) is 13.0 Å². The van der Waals surface area contributed by atoms with Gasteiger partial charge in [-0.2, -0.15) is 0 Å². The second-order valence-electron chi connectivity index (χ2n) is 5.72. The highest BCUT2D eigenvalue weighted by atomic mass is 16.4. The summed E-state index contributed by atoms with van der Waals surface area (Å²) in [5.41, 5.74) is 1.33. The first-order chi connectivity index (χ1) is 12.0. The van der Waals surface area contributed by atoms with Gasteiger partial charge in [-0.05, 0) is 31.2 Å². The standard InChI is InChI=1S/C16H20N2O.C2H2O4/c1-14-7-8-16(19-14)13-17-9-11-18(12-10-17)15-5-3-2-4-6-15;3-1(4)2(5)6/h2-8H,9-13H2,1H3;(H,3,4)(H,5,6). The Balaban J connectivity index is 0.000000326. The van der Waals surface area contributed by atoms with Gasteiger partial charge in [0.15, 0.2) is 0 Å². The predicted molar refractivity (Wildman–Crippen MR) is 92.6 cm³/mol. The first kappa shape index (κ1) is 18.5. The zero-order chi connectivity index (χ0) is 18.2. The molecule has 0 saturated carbocycles. The van der Waals surface area contributed by atoms with Gasteiger partial charge in [-0.15, -0.1) is 0 Å². The Hall–Kier alpha value is -2.80. The van der Waals surface area contributed by atoms with E-state index in [0.717, 1.165) is 44.2 Å². The molecule has 0 unspecified atom stereocenters. The molecule has 0 radical (unpaired) electrons. The number of anilines is 1. The molecular weight excluding hydrogens is 324 g/mol. The van der Waals surface area contributed by atoms with Gasteiger partial charge < -0.3 is 19.5 Å². The SMILES string of the molecule is Cc1ccc(CN2CCN(c3ccccc3)CC2)o1.O=C(O)C(=O)O. The lowest BCUT2D eigenvalue weighted by Gasteiger charge is -2.35. The van der Waals surface area contributed by atoms with Crippen LogP contribution in [0.15, 0.2) is 46.9 Å². The highest BCUT2D eigenvalue weighted by molar-refractivity contribution is 6.27. The largest absolute Gasteiger partial charge is 0.473 e. The van der Waals surface area contributed by atoms with E-state index >= 15 is 0 Å². The number of hydrogen-bond acceptors (Lipinski definition) is 5. The lowest BCUT2D eigenvalue weighted by molar-refractivity contribution is -0.159. The van der Waals surface area contributed by atoms with Crippen molar-refractivity contribution < 1.29 is 24.2 Å². The molecule has 134 valence electrons. The molecule has 0 bridgehead atoms. The van der Waals surface area contributed by atoms with Crippen molar-refractivity contribution in [2.75, 3.05) is 31.1 Å². The molecule has 3 rings (SSSR count). The van der Waals surface area contributed by atoms with E-state index in [1.165, 1.54) is 5.69 Å². The molecule has 1 fully saturated rings. The summed E-state index contributed by atoms with van der Waals surface area (Å²) in [5.74, 6) is -1.58. The van der Waals surface area contributed by atoms with Crippen molar-refractivity contribution in [3.05, 3.63) is 54.0 Å². The van der Waals surface area contributed by atoms with E-state index in [9.17, 15) is 0 Å². The fourth-order valence-corrected chi connectivity index (χ4v) is 2.59. The number of piperazine rings is 1. The van der Waals surface area contributed by atoms with Gasteiger partial charge in [0.05, 0.1) is 6.54 Å². The Labute approximate surface area is 146 Å². The van der Waals surface area contributed by atoms with Gasteiger partial charge in [-0.1, -0.05) is 18.2 Å². The molecule has 1 saturated heterocycles. The number of aliphatic carboxylic acids is 2. The third-order valence-corrected chi connectivity index (χ3v) is 3.85. The highest BCUT2D eigenvalue weighted by Gasteiger charge is 2.17. The second-order valence-corrected chi connectivity index (χ2v) is 5.72. The molecule has 1 aromatic heterocycles. The van der Waals surface area contributed by atoms with Crippen molar-refractivity contribution in [2.24, 2.45) is 0 Å². The maximum atomic E-state index is 9.10. The molecule has 2 heterocycles. The summed E-state index contributed by atoms with van der Waals surface area (Å²) in [6, 6.07) is 14.8. The van der Waals surface area contributed by atoms with Gasteiger partial charge in [-0.3, -0.25) is 4.90 Å². The summed E-state index contributed by atoms with van der Waals surface area (Å²) < 4.78 is 5.64. The Morgan fingerprint density at radius 3 is 2.04 bits per heavy atom. The van der Waals surface area contributed by atoms with Gasteiger partial charge in [0.25, 0.3) is 0 Å². The Morgan fingerprint density at radius 2 is 1.56 bits per heavy atom. The van der Waals surface area contributed by atoms with Crippen LogP contribution in [0.25, 0.3) is 0 Å². The number of nitrogens with zero attached hydrogens (tertiary/aromatic N) is 2. The van der Waals surface area contributed by atoms with Gasteiger partial charge in [0.2, 0.25) is 0 Å². The van der Waals surface area contributed by atoms with Gasteiger partial charge in [0.1, 0.15) is 11.5 Å². The molecule has 2 N–H and O–H groups in total. The van der Waals surface area contributed by atoms with Crippen LogP contribution < -0.4 is 4.90 Å². The minimum absolute atomic E-state index is 0.927. The number of carboxylic acid groups (broad SMARTS) is 2. The van der Waals surface area contributed by atoms with E-state index in [2.05, 4.69) is 46.2 Å². The smallest absolute Gasteiger partial charge is 0.414 e. The van der Waals surface area contributed by atoms with E-state index in [4.69, 9.17) is 24.2 Å². The van der Waals surface area contributed by atoms with Crippen molar-refractivity contribution in [1.29, 1.82) is 0 Å². The van der Waals surface area contributed by atoms with Crippen LogP contribution in [0, 0.1) is 6.92 Å². The summed E-state index contributed by atoms with van der Waals surface area (Å²) in [5, 5.41) is 14.8. The van der Waals surface area contributed by atoms with Crippen LogP contribution in [0.3, 0.4) is 0 Å².